The summed E-state index contributed by atoms with van der Waals surface area (Å²) in [5, 5.41) is 14.6. The number of hydrogen-bond acceptors (Lipinski definition) is 5. The first kappa shape index (κ1) is 19.5. The third kappa shape index (κ3) is 5.37. The maximum absolute atomic E-state index is 12.2. The molecule has 0 radical (unpaired) electrons. The van der Waals surface area contributed by atoms with Crippen LogP contribution < -0.4 is 10.6 Å². The summed E-state index contributed by atoms with van der Waals surface area (Å²) in [7, 11) is 0. The summed E-state index contributed by atoms with van der Waals surface area (Å²) < 4.78 is 0. The van der Waals surface area contributed by atoms with Gasteiger partial charge in [-0.15, -0.1) is 10.2 Å². The van der Waals surface area contributed by atoms with E-state index in [4.69, 9.17) is 11.6 Å². The molecule has 0 aliphatic carbocycles. The molecule has 1 aromatic heterocycles. The van der Waals surface area contributed by atoms with Gasteiger partial charge >= 0.3 is 0 Å². The van der Waals surface area contributed by atoms with E-state index >= 15 is 0 Å². The van der Waals surface area contributed by atoms with Crippen molar-refractivity contribution in [3.05, 3.63) is 82.5 Å². The fraction of sp³-hybridized carbons (Fsp3) is 0.143. The topological polar surface area (TPSA) is 84.0 Å². The van der Waals surface area contributed by atoms with Crippen LogP contribution in [-0.4, -0.2) is 28.4 Å². The van der Waals surface area contributed by atoms with Crippen molar-refractivity contribution in [1.82, 2.24) is 15.5 Å². The number of carbonyl (C=O) groups excluding carboxylic acids is 2. The van der Waals surface area contributed by atoms with Crippen molar-refractivity contribution in [3.63, 3.8) is 0 Å². The fourth-order valence-electron chi connectivity index (χ4n) is 2.52. The van der Waals surface area contributed by atoms with Gasteiger partial charge in [-0.3, -0.25) is 9.59 Å². The molecule has 2 aromatic carbocycles. The van der Waals surface area contributed by atoms with Gasteiger partial charge < -0.3 is 10.6 Å². The molecule has 0 atom stereocenters. The van der Waals surface area contributed by atoms with Crippen LogP contribution in [0.2, 0.25) is 5.02 Å². The molecule has 0 fully saturated rings. The zero-order chi connectivity index (χ0) is 19.9. The number of rotatable bonds is 7. The lowest BCUT2D eigenvalue weighted by Crippen LogP contribution is -2.26. The van der Waals surface area contributed by atoms with Crippen molar-refractivity contribution in [1.29, 1.82) is 0 Å². The van der Waals surface area contributed by atoms with Crippen LogP contribution in [0.15, 0.2) is 60.7 Å². The average Bonchev–Trinajstić information content (AvgIpc) is 2.70. The van der Waals surface area contributed by atoms with Gasteiger partial charge in [0, 0.05) is 22.8 Å². The lowest BCUT2D eigenvalue weighted by atomic mass is 10.1. The van der Waals surface area contributed by atoms with E-state index in [2.05, 4.69) is 20.8 Å². The lowest BCUT2D eigenvalue weighted by Gasteiger charge is -2.07. The second-order valence-electron chi connectivity index (χ2n) is 6.19. The summed E-state index contributed by atoms with van der Waals surface area (Å²) >= 11 is 5.86. The summed E-state index contributed by atoms with van der Waals surface area (Å²) in [6.07, 6.45) is 0.701. The lowest BCUT2D eigenvalue weighted by molar-refractivity contribution is 0.0947. The molecular weight excluding hydrogens is 376 g/mol. The number of carbonyl (C=O) groups is 2. The Morgan fingerprint density at radius 2 is 1.64 bits per heavy atom. The van der Waals surface area contributed by atoms with E-state index < -0.39 is 0 Å². The Morgan fingerprint density at radius 1 is 0.929 bits per heavy atom. The first-order valence-corrected chi connectivity index (χ1v) is 9.13. The molecule has 0 saturated carbocycles. The highest BCUT2D eigenvalue weighted by molar-refractivity contribution is 6.30. The van der Waals surface area contributed by atoms with Gasteiger partial charge in [0.1, 0.15) is 0 Å². The third-order valence-corrected chi connectivity index (χ3v) is 4.33. The molecule has 0 aliphatic heterocycles. The molecule has 0 bridgehead atoms. The first-order valence-electron chi connectivity index (χ1n) is 8.75. The van der Waals surface area contributed by atoms with Crippen LogP contribution >= 0.6 is 11.6 Å². The largest absolute Gasteiger partial charge is 0.350 e. The first-order chi connectivity index (χ1) is 13.5. The minimum Gasteiger partial charge on any atom is -0.350 e. The molecule has 6 nitrogen and oxygen atoms in total. The molecule has 0 unspecified atom stereocenters. The summed E-state index contributed by atoms with van der Waals surface area (Å²) in [4.78, 5) is 23.5. The highest BCUT2D eigenvalue weighted by Gasteiger charge is 2.08. The Kier molecular flexibility index (Phi) is 6.34. The van der Waals surface area contributed by atoms with Gasteiger partial charge in [-0.2, -0.15) is 0 Å². The van der Waals surface area contributed by atoms with E-state index in [0.717, 1.165) is 11.3 Å². The molecule has 7 heteroatoms. The third-order valence-electron chi connectivity index (χ3n) is 4.07. The van der Waals surface area contributed by atoms with Crippen LogP contribution in [0, 0.1) is 0 Å². The number of anilines is 2. The normalized spacial score (nSPS) is 10.4. The summed E-state index contributed by atoms with van der Waals surface area (Å²) in [6, 6.07) is 17.8. The maximum atomic E-state index is 12.2. The zero-order valence-corrected chi connectivity index (χ0v) is 16.0. The Morgan fingerprint density at radius 3 is 2.25 bits per heavy atom. The average molecular weight is 395 g/mol. The van der Waals surface area contributed by atoms with Crippen molar-refractivity contribution in [2.45, 2.75) is 13.3 Å². The number of benzene rings is 2. The molecule has 0 saturated heterocycles. The second-order valence-corrected chi connectivity index (χ2v) is 6.63. The molecule has 1 amide bonds. The highest BCUT2D eigenvalue weighted by Crippen LogP contribution is 2.15. The molecule has 1 heterocycles. The SMILES string of the molecule is CC(=O)c1ccc(Nc2ccc(C(=O)NCCc3ccc(Cl)cc3)nn2)cc1. The van der Waals surface area contributed by atoms with E-state index in [1.165, 1.54) is 6.92 Å². The standard InChI is InChI=1S/C21H19ClN4O2/c1-14(27)16-4-8-18(9-5-16)24-20-11-10-19(25-26-20)21(28)23-13-12-15-2-6-17(22)7-3-15/h2-11H,12-13H2,1H3,(H,23,28)(H,24,26). The van der Waals surface area contributed by atoms with Crippen molar-refractivity contribution < 1.29 is 9.59 Å². The number of halogens is 1. The van der Waals surface area contributed by atoms with Crippen LogP contribution in [0.4, 0.5) is 11.5 Å². The Balaban J connectivity index is 1.52. The molecular formula is C21H19ClN4O2. The monoisotopic (exact) mass is 394 g/mol. The van der Waals surface area contributed by atoms with Crippen molar-refractivity contribution in [2.24, 2.45) is 0 Å². The Labute approximate surface area is 168 Å². The van der Waals surface area contributed by atoms with Gasteiger partial charge in [-0.1, -0.05) is 23.7 Å². The maximum Gasteiger partial charge on any atom is 0.271 e. The predicted molar refractivity (Wildman–Crippen MR) is 109 cm³/mol. The second kappa shape index (κ2) is 9.10. The van der Waals surface area contributed by atoms with Crippen LogP contribution in [0.1, 0.15) is 33.3 Å². The Hall–Kier alpha value is -3.25. The van der Waals surface area contributed by atoms with Crippen LogP contribution in [0.3, 0.4) is 0 Å². The van der Waals surface area contributed by atoms with E-state index in [0.29, 0.717) is 29.4 Å². The number of ketones is 1. The van der Waals surface area contributed by atoms with E-state index in [1.54, 1.807) is 36.4 Å². The molecule has 0 spiro atoms. The van der Waals surface area contributed by atoms with Gasteiger partial charge in [0.15, 0.2) is 17.3 Å². The molecule has 142 valence electrons. The summed E-state index contributed by atoms with van der Waals surface area (Å²) in [6.45, 7) is 2.01. The predicted octanol–water partition coefficient (Wildman–Crippen LogP) is 4.05. The zero-order valence-electron chi connectivity index (χ0n) is 15.3. The quantitative estimate of drug-likeness (QED) is 0.590. The minimum atomic E-state index is -0.279. The smallest absolute Gasteiger partial charge is 0.271 e. The number of Topliss-reactive ketones (excluding diaryl/α,β-unsaturated/α-hetero) is 1. The van der Waals surface area contributed by atoms with Crippen LogP contribution in [0.25, 0.3) is 0 Å². The Bertz CT molecular complexity index is 955. The highest BCUT2D eigenvalue weighted by atomic mass is 35.5. The fourth-order valence-corrected chi connectivity index (χ4v) is 2.64. The van der Waals surface area contributed by atoms with Gasteiger partial charge in [0.25, 0.3) is 5.91 Å². The molecule has 3 rings (SSSR count). The van der Waals surface area contributed by atoms with Crippen molar-refractivity contribution in [3.8, 4) is 0 Å². The molecule has 0 aliphatic rings. The van der Waals surface area contributed by atoms with Crippen LogP contribution in [-0.2, 0) is 6.42 Å². The van der Waals surface area contributed by atoms with E-state index in [1.807, 2.05) is 24.3 Å². The van der Waals surface area contributed by atoms with E-state index in [-0.39, 0.29) is 17.4 Å². The summed E-state index contributed by atoms with van der Waals surface area (Å²) in [5.41, 5.74) is 2.75. The van der Waals surface area contributed by atoms with Gasteiger partial charge in [0.05, 0.1) is 0 Å². The van der Waals surface area contributed by atoms with Gasteiger partial charge in [0.2, 0.25) is 0 Å². The number of nitrogens with zero attached hydrogens (tertiary/aromatic N) is 2. The number of hydrogen-bond donors (Lipinski definition) is 2. The van der Waals surface area contributed by atoms with Crippen LogP contribution in [0.5, 0.6) is 0 Å². The number of aromatic nitrogens is 2. The minimum absolute atomic E-state index is 0.0118. The van der Waals surface area contributed by atoms with Crippen molar-refractivity contribution in [2.75, 3.05) is 11.9 Å². The molecule has 28 heavy (non-hydrogen) atoms. The summed E-state index contributed by atoms with van der Waals surface area (Å²) in [5.74, 6) is 0.241. The van der Waals surface area contributed by atoms with Crippen molar-refractivity contribution >= 4 is 34.8 Å². The van der Waals surface area contributed by atoms with Gasteiger partial charge in [-0.05, 0) is 67.4 Å². The number of nitrogens with one attached hydrogen (secondary N) is 2. The molecule has 3 aromatic rings. The number of amides is 1. The molecule has 2 N–H and O–H groups in total. The van der Waals surface area contributed by atoms with Gasteiger partial charge in [-0.25, -0.2) is 0 Å². The van der Waals surface area contributed by atoms with E-state index in [9.17, 15) is 9.59 Å².